The second kappa shape index (κ2) is 10.8. The van der Waals surface area contributed by atoms with Gasteiger partial charge in [0.1, 0.15) is 6.04 Å². The van der Waals surface area contributed by atoms with E-state index in [9.17, 15) is 22.8 Å². The second-order valence-corrected chi connectivity index (χ2v) is 10.7. The Morgan fingerprint density at radius 2 is 1.79 bits per heavy atom. The van der Waals surface area contributed by atoms with Gasteiger partial charge in [-0.2, -0.15) is 0 Å². The normalized spacial score (nSPS) is 13.9. The van der Waals surface area contributed by atoms with Crippen LogP contribution in [-0.4, -0.2) is 51.0 Å². The molecule has 0 saturated heterocycles. The van der Waals surface area contributed by atoms with E-state index in [1.165, 1.54) is 4.31 Å². The highest BCUT2D eigenvalue weighted by atomic mass is 32.2. The second-order valence-electron chi connectivity index (χ2n) is 8.55. The molecule has 0 fully saturated rings. The van der Waals surface area contributed by atoms with Crippen molar-refractivity contribution in [3.63, 3.8) is 0 Å². The summed E-state index contributed by atoms with van der Waals surface area (Å²) in [6, 6.07) is 13.1. The number of anilines is 1. The Bertz CT molecular complexity index is 1160. The molecule has 0 saturated carbocycles. The van der Waals surface area contributed by atoms with Crippen molar-refractivity contribution in [2.24, 2.45) is 5.92 Å². The average Bonchev–Trinajstić information content (AvgIpc) is 3.25. The molecule has 8 nitrogen and oxygen atoms in total. The van der Waals surface area contributed by atoms with Crippen molar-refractivity contribution in [2.45, 2.75) is 39.7 Å². The highest BCUT2D eigenvalue weighted by Crippen LogP contribution is 2.31. The van der Waals surface area contributed by atoms with Crippen LogP contribution >= 0.6 is 0 Å². The molecule has 3 rings (SSSR count). The molecular weight excluding hydrogens is 456 g/mol. The van der Waals surface area contributed by atoms with Gasteiger partial charge in [-0.3, -0.25) is 13.9 Å². The highest BCUT2D eigenvalue weighted by Gasteiger charge is 2.29. The molecule has 0 aromatic heterocycles. The summed E-state index contributed by atoms with van der Waals surface area (Å²) in [5, 5.41) is 2.70. The number of Topliss-reactive ketones (excluding diaryl/α,β-unsaturated/α-hetero) is 1. The van der Waals surface area contributed by atoms with Gasteiger partial charge in [-0.1, -0.05) is 44.2 Å². The molecular formula is C25H30N2O6S. The summed E-state index contributed by atoms with van der Waals surface area (Å²) >= 11 is 0. The first-order valence-electron chi connectivity index (χ1n) is 11.3. The molecule has 1 atom stereocenters. The number of ether oxygens (including phenoxy) is 1. The smallest absolute Gasteiger partial charge is 0.329 e. The summed E-state index contributed by atoms with van der Waals surface area (Å²) in [5.41, 5.74) is 2.52. The molecule has 1 aliphatic heterocycles. The third kappa shape index (κ3) is 6.02. The van der Waals surface area contributed by atoms with Crippen molar-refractivity contribution in [2.75, 3.05) is 23.2 Å². The molecule has 1 heterocycles. The minimum Gasteiger partial charge on any atom is -0.456 e. The third-order valence-electron chi connectivity index (χ3n) is 5.75. The lowest BCUT2D eigenvalue weighted by molar-refractivity contribution is -0.148. The van der Waals surface area contributed by atoms with E-state index in [-0.39, 0.29) is 24.0 Å². The van der Waals surface area contributed by atoms with E-state index in [2.05, 4.69) is 5.32 Å². The molecule has 0 spiro atoms. The molecule has 1 amide bonds. The van der Waals surface area contributed by atoms with Crippen molar-refractivity contribution >= 4 is 33.4 Å². The first-order chi connectivity index (χ1) is 16.1. The Labute approximate surface area is 200 Å². The molecule has 0 aliphatic carbocycles. The highest BCUT2D eigenvalue weighted by molar-refractivity contribution is 7.92. The maximum atomic E-state index is 12.6. The first-order valence-corrected chi connectivity index (χ1v) is 12.9. The minimum atomic E-state index is -3.37. The predicted molar refractivity (Wildman–Crippen MR) is 129 cm³/mol. The average molecular weight is 487 g/mol. The number of sulfonamides is 1. The number of nitrogens with one attached hydrogen (secondary N) is 1. The first kappa shape index (κ1) is 25.4. The maximum Gasteiger partial charge on any atom is 0.329 e. The molecule has 2 aromatic rings. The fraction of sp³-hybridized carbons (Fsp3) is 0.400. The van der Waals surface area contributed by atoms with E-state index < -0.39 is 34.4 Å². The largest absolute Gasteiger partial charge is 0.456 e. The molecule has 9 heteroatoms. The summed E-state index contributed by atoms with van der Waals surface area (Å²) in [5.74, 6) is -1.61. The van der Waals surface area contributed by atoms with Crippen molar-refractivity contribution in [3.05, 3.63) is 65.2 Å². The number of hydrogen-bond donors (Lipinski definition) is 1. The van der Waals surface area contributed by atoms with E-state index in [1.807, 2.05) is 30.3 Å². The number of rotatable bonds is 10. The molecule has 0 unspecified atom stereocenters. The summed E-state index contributed by atoms with van der Waals surface area (Å²) in [4.78, 5) is 37.6. The van der Waals surface area contributed by atoms with Gasteiger partial charge >= 0.3 is 5.97 Å². The molecule has 0 bridgehead atoms. The minimum absolute atomic E-state index is 0.00196. The molecule has 2 aromatic carbocycles. The van der Waals surface area contributed by atoms with Crippen molar-refractivity contribution in [1.82, 2.24) is 5.32 Å². The number of amides is 1. The van der Waals surface area contributed by atoms with Crippen LogP contribution < -0.4 is 9.62 Å². The number of benzene rings is 2. The van der Waals surface area contributed by atoms with Gasteiger partial charge in [0.15, 0.2) is 12.4 Å². The lowest BCUT2D eigenvalue weighted by atomic mass is 10.0. The zero-order valence-electron chi connectivity index (χ0n) is 19.6. The number of esters is 1. The summed E-state index contributed by atoms with van der Waals surface area (Å²) in [7, 11) is -3.37. The Hall–Kier alpha value is -3.20. The van der Waals surface area contributed by atoms with E-state index >= 15 is 0 Å². The topological polar surface area (TPSA) is 110 Å². The van der Waals surface area contributed by atoms with E-state index in [1.54, 1.807) is 39.0 Å². The lowest BCUT2D eigenvalue weighted by Crippen LogP contribution is -2.46. The summed E-state index contributed by atoms with van der Waals surface area (Å²) < 4.78 is 31.1. The van der Waals surface area contributed by atoms with Crippen molar-refractivity contribution < 1.29 is 27.5 Å². The Morgan fingerprint density at radius 3 is 2.44 bits per heavy atom. The Kier molecular flexibility index (Phi) is 8.09. The van der Waals surface area contributed by atoms with Gasteiger partial charge in [-0.05, 0) is 48.6 Å². The van der Waals surface area contributed by atoms with Gasteiger partial charge in [0.25, 0.3) is 0 Å². The Morgan fingerprint density at radius 1 is 1.09 bits per heavy atom. The summed E-state index contributed by atoms with van der Waals surface area (Å²) in [6.45, 7) is 5.04. The van der Waals surface area contributed by atoms with Gasteiger partial charge in [0, 0.05) is 12.1 Å². The van der Waals surface area contributed by atoms with Crippen LogP contribution in [0.2, 0.25) is 0 Å². The predicted octanol–water partition coefficient (Wildman–Crippen LogP) is 2.51. The number of hydrogen-bond acceptors (Lipinski definition) is 6. The van der Waals surface area contributed by atoms with Crippen LogP contribution in [0.4, 0.5) is 5.69 Å². The van der Waals surface area contributed by atoms with Crippen LogP contribution in [0.5, 0.6) is 0 Å². The van der Waals surface area contributed by atoms with Crippen LogP contribution in [-0.2, 0) is 37.2 Å². The van der Waals surface area contributed by atoms with Gasteiger partial charge in [-0.25, -0.2) is 13.2 Å². The van der Waals surface area contributed by atoms with Gasteiger partial charge < -0.3 is 10.1 Å². The van der Waals surface area contributed by atoms with Crippen LogP contribution in [0.15, 0.2) is 48.5 Å². The molecule has 1 aliphatic rings. The number of carbonyl (C=O) groups is 3. The molecule has 182 valence electrons. The van der Waals surface area contributed by atoms with Gasteiger partial charge in [0.2, 0.25) is 15.9 Å². The fourth-order valence-corrected chi connectivity index (χ4v) is 4.96. The molecule has 34 heavy (non-hydrogen) atoms. The van der Waals surface area contributed by atoms with Gasteiger partial charge in [-0.15, -0.1) is 0 Å². The lowest BCUT2D eigenvalue weighted by Gasteiger charge is -2.21. The number of carbonyl (C=O) groups excluding carboxylic acids is 3. The maximum absolute atomic E-state index is 12.6. The van der Waals surface area contributed by atoms with Crippen LogP contribution in [0.25, 0.3) is 0 Å². The number of nitrogens with zero attached hydrogens (tertiary/aromatic N) is 1. The van der Waals surface area contributed by atoms with E-state index in [0.29, 0.717) is 24.2 Å². The van der Waals surface area contributed by atoms with Crippen LogP contribution in [0, 0.1) is 5.92 Å². The zero-order valence-corrected chi connectivity index (χ0v) is 20.4. The Balaban J connectivity index is 1.60. The van der Waals surface area contributed by atoms with Crippen LogP contribution in [0.1, 0.15) is 42.3 Å². The van der Waals surface area contributed by atoms with Gasteiger partial charge in [0.05, 0.1) is 17.9 Å². The van der Waals surface area contributed by atoms with Crippen LogP contribution in [0.3, 0.4) is 0 Å². The van der Waals surface area contributed by atoms with Crippen molar-refractivity contribution in [1.29, 1.82) is 0 Å². The van der Waals surface area contributed by atoms with Crippen molar-refractivity contribution in [3.8, 4) is 0 Å². The van der Waals surface area contributed by atoms with E-state index in [0.717, 1.165) is 11.1 Å². The standard InChI is InChI=1S/C25H30N2O6S/c1-4-34(31,32)27-13-12-19-15-20(10-11-21(19)27)22(28)16-33-25(30)24(17(2)3)26-23(29)14-18-8-6-5-7-9-18/h5-11,15,17,24H,4,12-14,16H2,1-3H3,(H,26,29)/t24-/m0/s1. The third-order valence-corrected chi connectivity index (χ3v) is 7.53. The fourth-order valence-electron chi connectivity index (χ4n) is 3.80. The zero-order chi connectivity index (χ0) is 24.9. The van der Waals surface area contributed by atoms with E-state index in [4.69, 9.17) is 4.74 Å². The quantitative estimate of drug-likeness (QED) is 0.408. The summed E-state index contributed by atoms with van der Waals surface area (Å²) in [6.07, 6.45) is 0.647. The monoisotopic (exact) mass is 486 g/mol. The SMILES string of the molecule is CCS(=O)(=O)N1CCc2cc(C(=O)COC(=O)[C@@H](NC(=O)Cc3ccccc3)C(C)C)ccc21. The molecule has 0 radical (unpaired) electrons. The number of ketones is 1. The molecule has 1 N–H and O–H groups in total. The number of fused-ring (bicyclic) bond motifs is 1.